The second kappa shape index (κ2) is 6.36. The van der Waals surface area contributed by atoms with Gasteiger partial charge >= 0.3 is 0 Å². The van der Waals surface area contributed by atoms with E-state index in [-0.39, 0.29) is 18.2 Å². The van der Waals surface area contributed by atoms with E-state index in [9.17, 15) is 9.18 Å². The van der Waals surface area contributed by atoms with E-state index >= 15 is 0 Å². The van der Waals surface area contributed by atoms with Crippen molar-refractivity contribution >= 4 is 11.6 Å². The van der Waals surface area contributed by atoms with Crippen LogP contribution in [0.5, 0.6) is 5.75 Å². The topological polar surface area (TPSA) is 68.5 Å². The highest BCUT2D eigenvalue weighted by atomic mass is 19.1. The summed E-state index contributed by atoms with van der Waals surface area (Å²) >= 11 is 0. The highest BCUT2D eigenvalue weighted by Gasteiger charge is 2.24. The molecule has 0 aliphatic carbocycles. The Kier molecular flexibility index (Phi) is 4.27. The maximum atomic E-state index is 13.4. The van der Waals surface area contributed by atoms with Crippen LogP contribution in [0.4, 0.5) is 10.1 Å². The lowest BCUT2D eigenvalue weighted by Gasteiger charge is -2.29. The molecule has 0 N–H and O–H groups in total. The van der Waals surface area contributed by atoms with Gasteiger partial charge in [-0.25, -0.2) is 4.39 Å². The summed E-state index contributed by atoms with van der Waals surface area (Å²) in [7, 11) is 0. The van der Waals surface area contributed by atoms with Gasteiger partial charge in [-0.2, -0.15) is 0 Å². The highest BCUT2D eigenvalue weighted by Crippen LogP contribution is 2.32. The van der Waals surface area contributed by atoms with E-state index in [4.69, 9.17) is 9.15 Å². The van der Waals surface area contributed by atoms with Gasteiger partial charge in [0.25, 0.3) is 0 Å². The Labute approximate surface area is 133 Å². The van der Waals surface area contributed by atoms with Gasteiger partial charge in [-0.15, -0.1) is 10.2 Å². The SMILES string of the molecule is CC(C)c1nnc(CCC(=O)N2CCOc3ccc(F)cc32)o1. The molecule has 1 aliphatic rings. The third-order valence-electron chi connectivity index (χ3n) is 3.61. The van der Waals surface area contributed by atoms with Crippen LogP contribution in [-0.2, 0) is 11.2 Å². The van der Waals surface area contributed by atoms with Crippen LogP contribution in [-0.4, -0.2) is 29.3 Å². The van der Waals surface area contributed by atoms with Crippen LogP contribution in [0.2, 0.25) is 0 Å². The zero-order chi connectivity index (χ0) is 16.4. The van der Waals surface area contributed by atoms with Crippen LogP contribution >= 0.6 is 0 Å². The lowest BCUT2D eigenvalue weighted by molar-refractivity contribution is -0.118. The molecule has 0 saturated heterocycles. The molecule has 0 radical (unpaired) electrons. The van der Waals surface area contributed by atoms with E-state index in [1.54, 1.807) is 4.90 Å². The molecular formula is C16H18FN3O3. The number of benzene rings is 1. The third kappa shape index (κ3) is 3.33. The molecule has 1 aliphatic heterocycles. The van der Waals surface area contributed by atoms with Crippen molar-refractivity contribution in [3.63, 3.8) is 0 Å². The molecule has 2 heterocycles. The molecule has 3 rings (SSSR count). The number of nitrogens with zero attached hydrogens (tertiary/aromatic N) is 3. The summed E-state index contributed by atoms with van der Waals surface area (Å²) < 4.78 is 24.4. The van der Waals surface area contributed by atoms with E-state index in [0.29, 0.717) is 42.8 Å². The Morgan fingerprint density at radius 1 is 1.39 bits per heavy atom. The summed E-state index contributed by atoms with van der Waals surface area (Å²) in [5, 5.41) is 7.88. The molecule has 122 valence electrons. The monoisotopic (exact) mass is 319 g/mol. The van der Waals surface area contributed by atoms with Crippen molar-refractivity contribution in [1.82, 2.24) is 10.2 Å². The highest BCUT2D eigenvalue weighted by molar-refractivity contribution is 5.95. The fraction of sp³-hybridized carbons (Fsp3) is 0.438. The smallest absolute Gasteiger partial charge is 0.227 e. The molecular weight excluding hydrogens is 301 g/mol. The van der Waals surface area contributed by atoms with Gasteiger partial charge in [-0.1, -0.05) is 13.8 Å². The number of anilines is 1. The number of amides is 1. The Hall–Kier alpha value is -2.44. The molecule has 0 spiro atoms. The van der Waals surface area contributed by atoms with E-state index in [2.05, 4.69) is 10.2 Å². The van der Waals surface area contributed by atoms with Crippen molar-refractivity contribution in [2.24, 2.45) is 0 Å². The van der Waals surface area contributed by atoms with Crippen molar-refractivity contribution in [1.29, 1.82) is 0 Å². The number of aromatic nitrogens is 2. The molecule has 0 atom stereocenters. The van der Waals surface area contributed by atoms with Gasteiger partial charge in [0.15, 0.2) is 0 Å². The van der Waals surface area contributed by atoms with E-state index in [0.717, 1.165) is 0 Å². The second-order valence-electron chi connectivity index (χ2n) is 5.69. The molecule has 0 unspecified atom stereocenters. The number of hydrogen-bond acceptors (Lipinski definition) is 5. The summed E-state index contributed by atoms with van der Waals surface area (Å²) in [4.78, 5) is 14.0. The predicted octanol–water partition coefficient (Wildman–Crippen LogP) is 2.69. The lowest BCUT2D eigenvalue weighted by Crippen LogP contribution is -2.38. The number of halogens is 1. The summed E-state index contributed by atoms with van der Waals surface area (Å²) in [6, 6.07) is 4.17. The second-order valence-corrected chi connectivity index (χ2v) is 5.69. The quantitative estimate of drug-likeness (QED) is 0.866. The summed E-state index contributed by atoms with van der Waals surface area (Å²) in [5.41, 5.74) is 0.467. The van der Waals surface area contributed by atoms with Gasteiger partial charge in [0.05, 0.1) is 12.2 Å². The van der Waals surface area contributed by atoms with Gasteiger partial charge in [-0.05, 0) is 12.1 Å². The zero-order valence-corrected chi connectivity index (χ0v) is 13.1. The predicted molar refractivity (Wildman–Crippen MR) is 81.0 cm³/mol. The molecule has 2 aromatic rings. The number of carbonyl (C=O) groups excluding carboxylic acids is 1. The summed E-state index contributed by atoms with van der Waals surface area (Å²) in [6.45, 7) is 4.71. The fourth-order valence-electron chi connectivity index (χ4n) is 2.40. The maximum Gasteiger partial charge on any atom is 0.227 e. The van der Waals surface area contributed by atoms with E-state index < -0.39 is 5.82 Å². The normalized spacial score (nSPS) is 13.8. The minimum atomic E-state index is -0.398. The van der Waals surface area contributed by atoms with Crippen LogP contribution in [0.25, 0.3) is 0 Å². The molecule has 0 fully saturated rings. The first-order valence-electron chi connectivity index (χ1n) is 7.59. The van der Waals surface area contributed by atoms with Crippen molar-refractivity contribution in [2.45, 2.75) is 32.6 Å². The van der Waals surface area contributed by atoms with Crippen LogP contribution < -0.4 is 9.64 Å². The number of hydrogen-bond donors (Lipinski definition) is 0. The van der Waals surface area contributed by atoms with Crippen LogP contribution in [0.15, 0.2) is 22.6 Å². The van der Waals surface area contributed by atoms with Gasteiger partial charge in [0.1, 0.15) is 18.2 Å². The van der Waals surface area contributed by atoms with Gasteiger partial charge in [-0.3, -0.25) is 4.79 Å². The van der Waals surface area contributed by atoms with Gasteiger partial charge < -0.3 is 14.1 Å². The molecule has 0 bridgehead atoms. The Morgan fingerprint density at radius 2 is 2.22 bits per heavy atom. The Morgan fingerprint density at radius 3 is 2.96 bits per heavy atom. The molecule has 1 aromatic heterocycles. The first-order valence-corrected chi connectivity index (χ1v) is 7.59. The molecule has 1 aromatic carbocycles. The fourth-order valence-corrected chi connectivity index (χ4v) is 2.40. The van der Waals surface area contributed by atoms with Crippen LogP contribution in [0.1, 0.15) is 38.0 Å². The average Bonchev–Trinajstić information content (AvgIpc) is 3.01. The average molecular weight is 319 g/mol. The molecule has 1 amide bonds. The van der Waals surface area contributed by atoms with Crippen molar-refractivity contribution in [2.75, 3.05) is 18.1 Å². The summed E-state index contributed by atoms with van der Waals surface area (Å²) in [5.74, 6) is 1.16. The number of fused-ring (bicyclic) bond motifs is 1. The zero-order valence-electron chi connectivity index (χ0n) is 13.1. The van der Waals surface area contributed by atoms with Gasteiger partial charge in [0.2, 0.25) is 17.7 Å². The molecule has 0 saturated carbocycles. The summed E-state index contributed by atoms with van der Waals surface area (Å²) in [6.07, 6.45) is 0.580. The molecule has 6 nitrogen and oxygen atoms in total. The van der Waals surface area contributed by atoms with Crippen LogP contribution in [0, 0.1) is 5.82 Å². The third-order valence-corrected chi connectivity index (χ3v) is 3.61. The van der Waals surface area contributed by atoms with E-state index in [1.807, 2.05) is 13.8 Å². The van der Waals surface area contributed by atoms with E-state index in [1.165, 1.54) is 18.2 Å². The lowest BCUT2D eigenvalue weighted by atomic mass is 10.2. The van der Waals surface area contributed by atoms with Crippen molar-refractivity contribution < 1.29 is 18.3 Å². The van der Waals surface area contributed by atoms with Crippen molar-refractivity contribution in [3.8, 4) is 5.75 Å². The number of carbonyl (C=O) groups is 1. The molecule has 7 heteroatoms. The Balaban J connectivity index is 1.68. The maximum absolute atomic E-state index is 13.4. The first-order chi connectivity index (χ1) is 11.0. The van der Waals surface area contributed by atoms with Crippen LogP contribution in [0.3, 0.4) is 0 Å². The largest absolute Gasteiger partial charge is 0.490 e. The van der Waals surface area contributed by atoms with Gasteiger partial charge in [0, 0.05) is 24.8 Å². The number of rotatable bonds is 4. The Bertz CT molecular complexity index is 714. The molecule has 23 heavy (non-hydrogen) atoms. The van der Waals surface area contributed by atoms with Crippen molar-refractivity contribution in [3.05, 3.63) is 35.8 Å². The minimum absolute atomic E-state index is 0.121. The minimum Gasteiger partial charge on any atom is -0.490 e. The standard InChI is InChI=1S/C16H18FN3O3/c1-10(2)16-19-18-14(23-16)5-6-15(21)20-7-8-22-13-4-3-11(17)9-12(13)20/h3-4,9-10H,5-8H2,1-2H3. The number of aryl methyl sites for hydroxylation is 1. The number of ether oxygens (including phenoxy) is 1. The first kappa shape index (κ1) is 15.5.